The maximum atomic E-state index is 13.2. The van der Waals surface area contributed by atoms with Gasteiger partial charge in [-0.15, -0.1) is 11.3 Å². The minimum atomic E-state index is -0.143. The van der Waals surface area contributed by atoms with E-state index in [1.807, 2.05) is 42.5 Å². The van der Waals surface area contributed by atoms with Crippen LogP contribution in [0.25, 0.3) is 26.3 Å². The Bertz CT molecular complexity index is 1300. The molecule has 0 unspecified atom stereocenters. The second kappa shape index (κ2) is 8.99. The lowest BCUT2D eigenvalue weighted by atomic mass is 10.2. The average molecular weight is 452 g/mol. The van der Waals surface area contributed by atoms with E-state index >= 15 is 0 Å². The molecule has 0 saturated heterocycles. The molecule has 2 aromatic heterocycles. The third kappa shape index (κ3) is 4.31. The summed E-state index contributed by atoms with van der Waals surface area (Å²) in [5, 5.41) is 1.06. The van der Waals surface area contributed by atoms with Crippen LogP contribution in [0.15, 0.2) is 59.7 Å². The number of anilines is 1. The lowest BCUT2D eigenvalue weighted by molar-refractivity contribution is 0.257. The van der Waals surface area contributed by atoms with E-state index in [1.165, 1.54) is 22.2 Å². The zero-order valence-corrected chi connectivity index (χ0v) is 18.9. The minimum Gasteiger partial charge on any atom is -0.493 e. The number of fused-ring (bicyclic) bond motifs is 1. The fourth-order valence-corrected chi connectivity index (χ4v) is 4.26. The highest BCUT2D eigenvalue weighted by Gasteiger charge is 2.14. The normalized spacial score (nSPS) is 11.2. The zero-order chi connectivity index (χ0) is 22.8. The van der Waals surface area contributed by atoms with E-state index in [1.54, 1.807) is 13.2 Å². The second-order valence-corrected chi connectivity index (χ2v) is 8.79. The maximum absolute atomic E-state index is 13.2. The Morgan fingerprint density at radius 1 is 1.09 bits per heavy atom. The molecule has 4 rings (SSSR count). The molecule has 0 aliphatic rings. The van der Waals surface area contributed by atoms with Crippen LogP contribution in [0.3, 0.4) is 0 Å². The van der Waals surface area contributed by atoms with Crippen molar-refractivity contribution in [2.75, 3.05) is 18.8 Å². The van der Waals surface area contributed by atoms with Crippen LogP contribution in [0.2, 0.25) is 0 Å². The number of methoxy groups -OCH3 is 1. The van der Waals surface area contributed by atoms with Gasteiger partial charge in [-0.05, 0) is 41.8 Å². The van der Waals surface area contributed by atoms with Crippen LogP contribution in [0, 0.1) is 5.92 Å². The molecule has 2 aromatic carbocycles. The van der Waals surface area contributed by atoms with Gasteiger partial charge in [-0.3, -0.25) is 9.36 Å². The molecule has 0 aliphatic carbocycles. The summed E-state index contributed by atoms with van der Waals surface area (Å²) in [4.78, 5) is 18.7. The molecule has 4 aromatic rings. The summed E-state index contributed by atoms with van der Waals surface area (Å²) in [5.41, 5.74) is 2.81. The molecule has 0 aliphatic heterocycles. The summed E-state index contributed by atoms with van der Waals surface area (Å²) < 4.78 is 13.4. The molecular formula is C23H25N5O3S. The quantitative estimate of drug-likeness (QED) is 0.326. The Balaban J connectivity index is 1.70. The van der Waals surface area contributed by atoms with Crippen LogP contribution < -0.4 is 31.8 Å². The van der Waals surface area contributed by atoms with Crippen molar-refractivity contribution in [3.05, 3.63) is 65.2 Å². The van der Waals surface area contributed by atoms with Gasteiger partial charge in [0.1, 0.15) is 11.0 Å². The summed E-state index contributed by atoms with van der Waals surface area (Å²) in [7, 11) is 1.58. The van der Waals surface area contributed by atoms with Crippen LogP contribution in [-0.2, 0) is 0 Å². The number of hydrazine groups is 2. The zero-order valence-electron chi connectivity index (χ0n) is 18.1. The van der Waals surface area contributed by atoms with E-state index in [9.17, 15) is 4.79 Å². The molecule has 32 heavy (non-hydrogen) atoms. The first kappa shape index (κ1) is 21.8. The highest BCUT2D eigenvalue weighted by atomic mass is 32.1. The third-order valence-electron chi connectivity index (χ3n) is 4.89. The average Bonchev–Trinajstić information content (AvgIpc) is 3.23. The van der Waals surface area contributed by atoms with Crippen LogP contribution >= 0.6 is 11.3 Å². The Labute approximate surface area is 189 Å². The Morgan fingerprint density at radius 2 is 1.84 bits per heavy atom. The van der Waals surface area contributed by atoms with Crippen LogP contribution in [-0.4, -0.2) is 23.3 Å². The molecule has 0 spiro atoms. The highest BCUT2D eigenvalue weighted by Crippen LogP contribution is 2.33. The maximum Gasteiger partial charge on any atom is 0.275 e. The van der Waals surface area contributed by atoms with Gasteiger partial charge in [-0.2, -0.15) is 0 Å². The van der Waals surface area contributed by atoms with Crippen LogP contribution in [0.4, 0.5) is 5.69 Å². The van der Waals surface area contributed by atoms with E-state index in [4.69, 9.17) is 21.2 Å². The van der Waals surface area contributed by atoms with Crippen molar-refractivity contribution in [1.29, 1.82) is 0 Å². The molecule has 9 heteroatoms. The number of benzene rings is 2. The van der Waals surface area contributed by atoms with Crippen LogP contribution in [0.5, 0.6) is 11.5 Å². The smallest absolute Gasteiger partial charge is 0.275 e. The molecule has 2 heterocycles. The first-order valence-corrected chi connectivity index (χ1v) is 10.9. The first-order chi connectivity index (χ1) is 15.4. The summed E-state index contributed by atoms with van der Waals surface area (Å²) in [6.07, 6.45) is 1.54. The van der Waals surface area contributed by atoms with Crippen molar-refractivity contribution < 1.29 is 9.47 Å². The molecule has 0 saturated carbocycles. The van der Waals surface area contributed by atoms with Gasteiger partial charge >= 0.3 is 0 Å². The SMILES string of the molecule is COc1cc(-n2cnc3cc(-c4ccc(N(N)N)cc4)sc3c2=O)ccc1OCC(C)C. The van der Waals surface area contributed by atoms with Gasteiger partial charge in [0.2, 0.25) is 0 Å². The summed E-state index contributed by atoms with van der Waals surface area (Å²) in [5.74, 6) is 12.7. The molecule has 0 amide bonds. The lowest BCUT2D eigenvalue weighted by Crippen LogP contribution is -2.37. The number of nitrogens with two attached hydrogens (primary N) is 2. The predicted octanol–water partition coefficient (Wildman–Crippen LogP) is 3.71. The number of hydrogen-bond donors (Lipinski definition) is 2. The lowest BCUT2D eigenvalue weighted by Gasteiger charge is -2.14. The fraction of sp³-hybridized carbons (Fsp3) is 0.217. The van der Waals surface area contributed by atoms with Gasteiger partial charge in [0.25, 0.3) is 5.56 Å². The number of hydrogen-bond acceptors (Lipinski definition) is 8. The number of rotatable bonds is 7. The predicted molar refractivity (Wildman–Crippen MR) is 128 cm³/mol. The molecular weight excluding hydrogens is 426 g/mol. The summed E-state index contributed by atoms with van der Waals surface area (Å²) in [6.45, 7) is 4.74. The molecule has 8 nitrogen and oxygen atoms in total. The van der Waals surface area contributed by atoms with E-state index in [0.29, 0.717) is 45.6 Å². The van der Waals surface area contributed by atoms with E-state index in [2.05, 4.69) is 18.8 Å². The molecule has 0 atom stereocenters. The molecule has 0 radical (unpaired) electrons. The summed E-state index contributed by atoms with van der Waals surface area (Å²) >= 11 is 1.40. The number of aromatic nitrogens is 2. The Kier molecular flexibility index (Phi) is 6.13. The van der Waals surface area contributed by atoms with Gasteiger partial charge in [-0.25, -0.2) is 21.8 Å². The molecule has 0 bridgehead atoms. The molecule has 4 N–H and O–H groups in total. The number of thiophene rings is 1. The van der Waals surface area contributed by atoms with Gasteiger partial charge in [0.15, 0.2) is 11.5 Å². The molecule has 0 fully saturated rings. The van der Waals surface area contributed by atoms with Crippen molar-refractivity contribution >= 4 is 27.2 Å². The van der Waals surface area contributed by atoms with Crippen molar-refractivity contribution in [3.63, 3.8) is 0 Å². The summed E-state index contributed by atoms with van der Waals surface area (Å²) in [6, 6.07) is 14.8. The van der Waals surface area contributed by atoms with Crippen molar-refractivity contribution in [3.8, 4) is 27.6 Å². The topological polar surface area (TPSA) is 109 Å². The van der Waals surface area contributed by atoms with E-state index in [0.717, 1.165) is 15.6 Å². The van der Waals surface area contributed by atoms with E-state index in [-0.39, 0.29) is 5.56 Å². The monoisotopic (exact) mass is 451 g/mol. The van der Waals surface area contributed by atoms with Crippen molar-refractivity contribution in [2.45, 2.75) is 13.8 Å². The number of nitrogens with zero attached hydrogens (tertiary/aromatic N) is 3. The van der Waals surface area contributed by atoms with E-state index < -0.39 is 0 Å². The van der Waals surface area contributed by atoms with Crippen molar-refractivity contribution in [1.82, 2.24) is 9.55 Å². The standard InChI is InChI=1S/C23H25N5O3S/c1-14(2)12-31-19-9-8-17(10-20(19)30-3)27-13-26-18-11-21(32-22(18)23(27)29)15-4-6-16(7-5-15)28(24)25/h4-11,13-14H,12,24-25H2,1-3H3. The minimum absolute atomic E-state index is 0.143. The largest absolute Gasteiger partial charge is 0.493 e. The van der Waals surface area contributed by atoms with Gasteiger partial charge < -0.3 is 9.47 Å². The number of ether oxygens (including phenoxy) is 2. The van der Waals surface area contributed by atoms with Gasteiger partial charge in [-0.1, -0.05) is 26.0 Å². The van der Waals surface area contributed by atoms with Gasteiger partial charge in [0.05, 0.1) is 30.6 Å². The fourth-order valence-electron chi connectivity index (χ4n) is 3.22. The van der Waals surface area contributed by atoms with Gasteiger partial charge in [0, 0.05) is 10.9 Å². The Morgan fingerprint density at radius 3 is 2.50 bits per heavy atom. The van der Waals surface area contributed by atoms with Crippen molar-refractivity contribution in [2.24, 2.45) is 17.6 Å². The molecule has 166 valence electrons. The highest BCUT2D eigenvalue weighted by molar-refractivity contribution is 7.22. The first-order valence-electron chi connectivity index (χ1n) is 10.1. The second-order valence-electron chi connectivity index (χ2n) is 7.74. The Hall–Kier alpha value is -3.40. The third-order valence-corrected chi connectivity index (χ3v) is 6.05. The van der Waals surface area contributed by atoms with Crippen LogP contribution in [0.1, 0.15) is 13.8 Å².